The Hall–Kier alpha value is -4.19. The van der Waals surface area contributed by atoms with Gasteiger partial charge in [0.25, 0.3) is 0 Å². The van der Waals surface area contributed by atoms with E-state index in [-0.39, 0.29) is 18.2 Å². The molecule has 0 spiro atoms. The Labute approximate surface area is 206 Å². The minimum Gasteiger partial charge on any atom is -0.356 e. The molecular formula is C29H30N4O2. The topological polar surface area (TPSA) is 76.0 Å². The molecule has 3 aromatic carbocycles. The summed E-state index contributed by atoms with van der Waals surface area (Å²) in [6.07, 6.45) is 1.82. The number of aryl methyl sites for hydroxylation is 1. The van der Waals surface area contributed by atoms with Crippen molar-refractivity contribution in [2.75, 3.05) is 11.9 Å². The van der Waals surface area contributed by atoms with Crippen LogP contribution < -0.4 is 10.6 Å². The fraction of sp³-hybridized carbons (Fsp3) is 0.207. The summed E-state index contributed by atoms with van der Waals surface area (Å²) in [5.41, 5.74) is 4.76. The average molecular weight is 467 g/mol. The molecule has 35 heavy (non-hydrogen) atoms. The van der Waals surface area contributed by atoms with Crippen molar-refractivity contribution in [2.24, 2.45) is 0 Å². The van der Waals surface area contributed by atoms with Crippen molar-refractivity contribution in [1.82, 2.24) is 15.1 Å². The highest BCUT2D eigenvalue weighted by Gasteiger charge is 2.20. The number of nitrogens with zero attached hydrogens (tertiary/aromatic N) is 2. The van der Waals surface area contributed by atoms with E-state index in [0.717, 1.165) is 28.9 Å². The summed E-state index contributed by atoms with van der Waals surface area (Å²) in [7, 11) is 0. The van der Waals surface area contributed by atoms with E-state index >= 15 is 0 Å². The molecular weight excluding hydrogens is 436 g/mol. The van der Waals surface area contributed by atoms with Gasteiger partial charge in [-0.3, -0.25) is 9.59 Å². The molecule has 4 aromatic rings. The highest BCUT2D eigenvalue weighted by Crippen LogP contribution is 2.33. The van der Waals surface area contributed by atoms with E-state index in [1.54, 1.807) is 4.68 Å². The van der Waals surface area contributed by atoms with Crippen molar-refractivity contribution in [3.05, 3.63) is 102 Å². The predicted octanol–water partition coefficient (Wildman–Crippen LogP) is 5.32. The van der Waals surface area contributed by atoms with Gasteiger partial charge in [0.05, 0.1) is 11.4 Å². The maximum atomic E-state index is 12.9. The number of hydrogen-bond donors (Lipinski definition) is 2. The van der Waals surface area contributed by atoms with Crippen molar-refractivity contribution in [2.45, 2.75) is 32.6 Å². The number of hydrogen-bond acceptors (Lipinski definition) is 3. The molecule has 0 saturated carbocycles. The van der Waals surface area contributed by atoms with Gasteiger partial charge in [0.2, 0.25) is 11.8 Å². The van der Waals surface area contributed by atoms with E-state index in [1.165, 1.54) is 5.56 Å². The zero-order valence-corrected chi connectivity index (χ0v) is 19.9. The van der Waals surface area contributed by atoms with Gasteiger partial charge < -0.3 is 10.6 Å². The Morgan fingerprint density at radius 2 is 1.40 bits per heavy atom. The maximum absolute atomic E-state index is 12.9. The molecule has 6 heteroatoms. The van der Waals surface area contributed by atoms with Crippen LogP contribution in [-0.4, -0.2) is 28.1 Å². The molecule has 0 radical (unpaired) electrons. The van der Waals surface area contributed by atoms with Gasteiger partial charge in [-0.2, -0.15) is 5.10 Å². The smallest absolute Gasteiger partial charge is 0.225 e. The first-order chi connectivity index (χ1) is 17.1. The van der Waals surface area contributed by atoms with Gasteiger partial charge in [-0.05, 0) is 43.0 Å². The lowest BCUT2D eigenvalue weighted by atomic mass is 10.1. The molecule has 2 N–H and O–H groups in total. The largest absolute Gasteiger partial charge is 0.356 e. The van der Waals surface area contributed by atoms with Gasteiger partial charge in [0, 0.05) is 24.9 Å². The van der Waals surface area contributed by atoms with Crippen molar-refractivity contribution in [1.29, 1.82) is 0 Å². The number of carbonyl (C=O) groups is 2. The minimum absolute atomic E-state index is 0.0381. The van der Waals surface area contributed by atoms with Crippen molar-refractivity contribution < 1.29 is 9.59 Å². The zero-order chi connectivity index (χ0) is 24.5. The van der Waals surface area contributed by atoms with Crippen molar-refractivity contribution in [3.63, 3.8) is 0 Å². The van der Waals surface area contributed by atoms with Crippen LogP contribution in [-0.2, 0) is 16.0 Å². The van der Waals surface area contributed by atoms with E-state index in [0.29, 0.717) is 25.2 Å². The van der Waals surface area contributed by atoms with Crippen LogP contribution in [0.5, 0.6) is 0 Å². The first-order valence-corrected chi connectivity index (χ1v) is 11.9. The molecule has 4 rings (SSSR count). The van der Waals surface area contributed by atoms with Crippen LogP contribution in [0.15, 0.2) is 91.0 Å². The van der Waals surface area contributed by atoms with E-state index in [1.807, 2.05) is 97.9 Å². The van der Waals surface area contributed by atoms with Crippen LogP contribution in [0.3, 0.4) is 0 Å². The van der Waals surface area contributed by atoms with Gasteiger partial charge >= 0.3 is 0 Å². The normalized spacial score (nSPS) is 10.7. The molecule has 1 heterocycles. The van der Waals surface area contributed by atoms with Crippen LogP contribution in [0.2, 0.25) is 0 Å². The maximum Gasteiger partial charge on any atom is 0.225 e. The fourth-order valence-electron chi connectivity index (χ4n) is 4.03. The van der Waals surface area contributed by atoms with Crippen LogP contribution in [0, 0.1) is 6.92 Å². The monoisotopic (exact) mass is 466 g/mol. The number of para-hydroxylation sites is 1. The standard InChI is InChI=1S/C29H30N4O2/c1-22-28(24-14-7-3-8-15-24)29(33(32-22)25-16-9-4-10-17-25)31-27(35)19-11-18-26(34)30-21-20-23-12-5-2-6-13-23/h2-10,12-17H,11,18-21H2,1H3,(H,30,34)(H,31,35). The Balaban J connectivity index is 1.38. The van der Waals surface area contributed by atoms with E-state index in [2.05, 4.69) is 10.6 Å². The van der Waals surface area contributed by atoms with Crippen LogP contribution in [0.4, 0.5) is 5.82 Å². The third kappa shape index (κ3) is 6.44. The second-order valence-corrected chi connectivity index (χ2v) is 8.41. The highest BCUT2D eigenvalue weighted by atomic mass is 16.2. The lowest BCUT2D eigenvalue weighted by molar-refractivity contribution is -0.121. The number of aromatic nitrogens is 2. The molecule has 0 saturated heterocycles. The summed E-state index contributed by atoms with van der Waals surface area (Å²) in [5, 5.41) is 10.7. The first kappa shape index (κ1) is 24.0. The summed E-state index contributed by atoms with van der Waals surface area (Å²) >= 11 is 0. The highest BCUT2D eigenvalue weighted by molar-refractivity contribution is 5.95. The van der Waals surface area contributed by atoms with E-state index in [4.69, 9.17) is 5.10 Å². The molecule has 178 valence electrons. The van der Waals surface area contributed by atoms with Gasteiger partial charge in [-0.1, -0.05) is 78.9 Å². The fourth-order valence-corrected chi connectivity index (χ4v) is 4.03. The lowest BCUT2D eigenvalue weighted by Crippen LogP contribution is -2.25. The number of rotatable bonds is 10. The minimum atomic E-state index is -0.142. The molecule has 1 aromatic heterocycles. The number of amides is 2. The van der Waals surface area contributed by atoms with Gasteiger partial charge in [0.1, 0.15) is 5.82 Å². The molecule has 0 aliphatic heterocycles. The third-order valence-electron chi connectivity index (χ3n) is 5.77. The van der Waals surface area contributed by atoms with Crippen LogP contribution >= 0.6 is 0 Å². The average Bonchev–Trinajstić information content (AvgIpc) is 3.21. The number of anilines is 1. The first-order valence-electron chi connectivity index (χ1n) is 11.9. The Morgan fingerprint density at radius 3 is 2.09 bits per heavy atom. The van der Waals surface area contributed by atoms with E-state index in [9.17, 15) is 9.59 Å². The third-order valence-corrected chi connectivity index (χ3v) is 5.77. The molecule has 0 bridgehead atoms. The van der Waals surface area contributed by atoms with Crippen molar-refractivity contribution in [3.8, 4) is 16.8 Å². The molecule has 2 amide bonds. The number of carbonyl (C=O) groups excluding carboxylic acids is 2. The van der Waals surface area contributed by atoms with Crippen molar-refractivity contribution >= 4 is 17.6 Å². The summed E-state index contributed by atoms with van der Waals surface area (Å²) in [5.74, 6) is 0.456. The lowest BCUT2D eigenvalue weighted by Gasteiger charge is -2.12. The predicted molar refractivity (Wildman–Crippen MR) is 139 cm³/mol. The second-order valence-electron chi connectivity index (χ2n) is 8.41. The zero-order valence-electron chi connectivity index (χ0n) is 19.9. The van der Waals surface area contributed by atoms with Crippen LogP contribution in [0.25, 0.3) is 16.8 Å². The summed E-state index contributed by atoms with van der Waals surface area (Å²) in [6, 6.07) is 29.7. The van der Waals surface area contributed by atoms with Gasteiger partial charge in [-0.25, -0.2) is 4.68 Å². The number of benzene rings is 3. The van der Waals surface area contributed by atoms with E-state index < -0.39 is 0 Å². The molecule has 0 unspecified atom stereocenters. The molecule has 6 nitrogen and oxygen atoms in total. The van der Waals surface area contributed by atoms with Gasteiger partial charge in [-0.15, -0.1) is 0 Å². The summed E-state index contributed by atoms with van der Waals surface area (Å²) in [6.45, 7) is 2.53. The van der Waals surface area contributed by atoms with Gasteiger partial charge in [0.15, 0.2) is 0 Å². The second kappa shape index (κ2) is 11.8. The molecule has 0 aliphatic rings. The Kier molecular flexibility index (Phi) is 8.07. The summed E-state index contributed by atoms with van der Waals surface area (Å²) in [4.78, 5) is 25.1. The summed E-state index contributed by atoms with van der Waals surface area (Å²) < 4.78 is 1.77. The van der Waals surface area contributed by atoms with Crippen LogP contribution in [0.1, 0.15) is 30.5 Å². The Bertz CT molecular complexity index is 1250. The molecule has 0 fully saturated rings. The molecule has 0 atom stereocenters. The molecule has 0 aliphatic carbocycles. The SMILES string of the molecule is Cc1nn(-c2ccccc2)c(NC(=O)CCCC(=O)NCCc2ccccc2)c1-c1ccccc1. The number of nitrogens with one attached hydrogen (secondary N) is 2. The Morgan fingerprint density at radius 1 is 0.800 bits per heavy atom. The quantitative estimate of drug-likeness (QED) is 0.332.